The van der Waals surface area contributed by atoms with Gasteiger partial charge < -0.3 is 5.11 Å². The van der Waals surface area contributed by atoms with Gasteiger partial charge >= 0.3 is 0 Å². The number of rotatable bonds is 2. The molecule has 0 bridgehead atoms. The van der Waals surface area contributed by atoms with E-state index < -0.39 is 0 Å². The maximum absolute atomic E-state index is 9.57. The zero-order valence-corrected chi connectivity index (χ0v) is 10.7. The monoisotopic (exact) mass is 258 g/mol. The quantitative estimate of drug-likeness (QED) is 0.677. The molecule has 3 heteroatoms. The first-order chi connectivity index (χ1) is 8.24. The Bertz CT molecular complexity index is 746. The molecular weight excluding hydrogens is 248 g/mol. The van der Waals surface area contributed by atoms with Crippen molar-refractivity contribution in [3.05, 3.63) is 41.8 Å². The first-order valence-corrected chi connectivity index (χ1v) is 6.80. The van der Waals surface area contributed by atoms with E-state index in [1.807, 2.05) is 24.3 Å². The Kier molecular flexibility index (Phi) is 2.31. The van der Waals surface area contributed by atoms with Crippen molar-refractivity contribution in [1.29, 1.82) is 0 Å². The Morgan fingerprint density at radius 3 is 2.59 bits per heavy atom. The van der Waals surface area contributed by atoms with Gasteiger partial charge in [0.05, 0.1) is 9.40 Å². The molecular formula is C14H10OS2. The topological polar surface area (TPSA) is 20.2 Å². The first kappa shape index (κ1) is 10.6. The highest BCUT2D eigenvalue weighted by Crippen LogP contribution is 2.44. The van der Waals surface area contributed by atoms with Crippen LogP contribution in [0.5, 0.6) is 5.75 Å². The van der Waals surface area contributed by atoms with Gasteiger partial charge in [-0.15, -0.1) is 22.7 Å². The summed E-state index contributed by atoms with van der Waals surface area (Å²) in [5.41, 5.74) is 1.15. The molecule has 0 saturated heterocycles. The molecule has 0 fully saturated rings. The lowest BCUT2D eigenvalue weighted by atomic mass is 10.2. The van der Waals surface area contributed by atoms with Crippen molar-refractivity contribution >= 4 is 54.3 Å². The fourth-order valence-electron chi connectivity index (χ4n) is 1.96. The molecule has 0 atom stereocenters. The summed E-state index contributed by atoms with van der Waals surface area (Å²) in [6, 6.07) is 5.51. The van der Waals surface area contributed by atoms with Crippen molar-refractivity contribution < 1.29 is 5.11 Å². The van der Waals surface area contributed by atoms with Crippen LogP contribution in [-0.4, -0.2) is 5.11 Å². The van der Waals surface area contributed by atoms with Crippen LogP contribution in [0, 0.1) is 0 Å². The van der Waals surface area contributed by atoms with Gasteiger partial charge in [0.2, 0.25) is 0 Å². The van der Waals surface area contributed by atoms with Gasteiger partial charge in [-0.1, -0.05) is 25.3 Å². The molecule has 1 nitrogen and oxygen atoms in total. The predicted octanol–water partition coefficient (Wildman–Crippen LogP) is 5.11. The molecule has 0 aliphatic rings. The molecule has 0 aliphatic heterocycles. The predicted molar refractivity (Wildman–Crippen MR) is 79.1 cm³/mol. The molecule has 17 heavy (non-hydrogen) atoms. The van der Waals surface area contributed by atoms with E-state index in [1.54, 1.807) is 28.7 Å². The normalized spacial score (nSPS) is 11.1. The highest BCUT2D eigenvalue weighted by atomic mass is 32.1. The molecule has 0 unspecified atom stereocenters. The minimum Gasteiger partial charge on any atom is -0.508 e. The van der Waals surface area contributed by atoms with E-state index in [0.717, 1.165) is 15.8 Å². The Morgan fingerprint density at radius 1 is 1.06 bits per heavy atom. The lowest BCUT2D eigenvalue weighted by Crippen LogP contribution is -1.66. The van der Waals surface area contributed by atoms with E-state index in [2.05, 4.69) is 13.2 Å². The van der Waals surface area contributed by atoms with E-state index >= 15 is 0 Å². The molecule has 0 saturated carbocycles. The van der Waals surface area contributed by atoms with Gasteiger partial charge in [-0.3, -0.25) is 0 Å². The molecule has 84 valence electrons. The van der Waals surface area contributed by atoms with Gasteiger partial charge in [-0.2, -0.15) is 0 Å². The van der Waals surface area contributed by atoms with Crippen LogP contribution in [0.1, 0.15) is 10.4 Å². The summed E-state index contributed by atoms with van der Waals surface area (Å²) in [4.78, 5) is 1.14. The van der Waals surface area contributed by atoms with Crippen LogP contribution >= 0.6 is 22.7 Å². The van der Waals surface area contributed by atoms with Crippen LogP contribution in [0.25, 0.3) is 31.6 Å². The van der Waals surface area contributed by atoms with Crippen molar-refractivity contribution in [2.45, 2.75) is 0 Å². The smallest absolute Gasteiger partial charge is 0.116 e. The van der Waals surface area contributed by atoms with Gasteiger partial charge in [0.15, 0.2) is 0 Å². The van der Waals surface area contributed by atoms with Gasteiger partial charge in [-0.25, -0.2) is 0 Å². The number of hydrogen-bond donors (Lipinski definition) is 1. The second-order valence-corrected chi connectivity index (χ2v) is 5.83. The van der Waals surface area contributed by atoms with Crippen LogP contribution in [0.2, 0.25) is 0 Å². The number of thiophene rings is 2. The summed E-state index contributed by atoms with van der Waals surface area (Å²) in [7, 11) is 0. The summed E-state index contributed by atoms with van der Waals surface area (Å²) < 4.78 is 3.65. The number of phenols is 1. The van der Waals surface area contributed by atoms with Gasteiger partial charge in [0, 0.05) is 20.5 Å². The van der Waals surface area contributed by atoms with Gasteiger partial charge in [0.25, 0.3) is 0 Å². The number of fused-ring (bicyclic) bond motifs is 3. The number of benzene rings is 1. The maximum atomic E-state index is 9.57. The fourth-order valence-corrected chi connectivity index (χ4v) is 4.56. The van der Waals surface area contributed by atoms with Gasteiger partial charge in [-0.05, 0) is 18.2 Å². The Hall–Kier alpha value is -1.58. The van der Waals surface area contributed by atoms with Gasteiger partial charge in [0.1, 0.15) is 5.75 Å². The SMILES string of the molecule is C=Cc1sc2c(sc3ccc(O)cc32)c1C=C. The van der Waals surface area contributed by atoms with Crippen LogP contribution in [0.4, 0.5) is 0 Å². The molecule has 2 aromatic heterocycles. The summed E-state index contributed by atoms with van der Waals surface area (Å²) >= 11 is 3.44. The molecule has 0 amide bonds. The van der Waals surface area contributed by atoms with Crippen LogP contribution in [0.3, 0.4) is 0 Å². The second kappa shape index (κ2) is 3.72. The number of phenolic OH excluding ortho intramolecular Hbond substituents is 1. The van der Waals surface area contributed by atoms with E-state index in [1.165, 1.54) is 14.1 Å². The second-order valence-electron chi connectivity index (χ2n) is 3.73. The number of hydrogen-bond acceptors (Lipinski definition) is 3. The number of aromatic hydroxyl groups is 1. The molecule has 1 N–H and O–H groups in total. The Morgan fingerprint density at radius 2 is 1.88 bits per heavy atom. The Labute approximate surface area is 107 Å². The lowest BCUT2D eigenvalue weighted by molar-refractivity contribution is 0.476. The third-order valence-corrected chi connectivity index (χ3v) is 5.31. The first-order valence-electron chi connectivity index (χ1n) is 5.17. The van der Waals surface area contributed by atoms with E-state index in [-0.39, 0.29) is 0 Å². The van der Waals surface area contributed by atoms with Crippen LogP contribution in [0.15, 0.2) is 31.4 Å². The summed E-state index contributed by atoms with van der Waals surface area (Å²) in [5, 5.41) is 10.7. The zero-order chi connectivity index (χ0) is 12.0. The minimum absolute atomic E-state index is 0.311. The largest absolute Gasteiger partial charge is 0.508 e. The standard InChI is InChI=1S/C14H10OS2/c1-3-9-11(4-2)16-14-10-7-8(15)5-6-12(10)17-13(9)14/h3-7,15H,1-2H2. The van der Waals surface area contributed by atoms with Crippen molar-refractivity contribution in [1.82, 2.24) is 0 Å². The molecule has 3 rings (SSSR count). The summed E-state index contributed by atoms with van der Waals surface area (Å²) in [5.74, 6) is 0.311. The summed E-state index contributed by atoms with van der Waals surface area (Å²) in [6.07, 6.45) is 3.74. The molecule has 1 aromatic carbocycles. The summed E-state index contributed by atoms with van der Waals surface area (Å²) in [6.45, 7) is 7.70. The minimum atomic E-state index is 0.311. The average molecular weight is 258 g/mol. The van der Waals surface area contributed by atoms with Crippen molar-refractivity contribution in [3.8, 4) is 5.75 Å². The third kappa shape index (κ3) is 1.43. The van der Waals surface area contributed by atoms with E-state index in [0.29, 0.717) is 5.75 Å². The average Bonchev–Trinajstić information content (AvgIpc) is 2.84. The Balaban J connectivity index is 2.52. The van der Waals surface area contributed by atoms with Crippen molar-refractivity contribution in [2.24, 2.45) is 0 Å². The molecule has 3 aromatic rings. The lowest BCUT2D eigenvalue weighted by Gasteiger charge is -1.92. The van der Waals surface area contributed by atoms with Crippen LogP contribution < -0.4 is 0 Å². The molecule has 0 radical (unpaired) electrons. The van der Waals surface area contributed by atoms with Crippen LogP contribution in [-0.2, 0) is 0 Å². The molecule has 2 heterocycles. The molecule has 0 aliphatic carbocycles. The highest BCUT2D eigenvalue weighted by Gasteiger charge is 2.13. The highest BCUT2D eigenvalue weighted by molar-refractivity contribution is 7.33. The molecule has 0 spiro atoms. The third-order valence-electron chi connectivity index (χ3n) is 2.74. The van der Waals surface area contributed by atoms with Crippen molar-refractivity contribution in [2.75, 3.05) is 0 Å². The van der Waals surface area contributed by atoms with Crippen molar-refractivity contribution in [3.63, 3.8) is 0 Å². The zero-order valence-electron chi connectivity index (χ0n) is 9.06. The van der Waals surface area contributed by atoms with E-state index in [9.17, 15) is 5.11 Å². The fraction of sp³-hybridized carbons (Fsp3) is 0. The van der Waals surface area contributed by atoms with E-state index in [4.69, 9.17) is 0 Å². The maximum Gasteiger partial charge on any atom is 0.116 e.